The molecule has 0 aliphatic heterocycles. The third-order valence-corrected chi connectivity index (χ3v) is 2.99. The van der Waals surface area contributed by atoms with Crippen molar-refractivity contribution in [3.05, 3.63) is 52.1 Å². The highest BCUT2D eigenvalue weighted by molar-refractivity contribution is 7.71. The van der Waals surface area contributed by atoms with Gasteiger partial charge in [-0.3, -0.25) is 0 Å². The van der Waals surface area contributed by atoms with Gasteiger partial charge in [-0.25, -0.2) is 0 Å². The first-order valence-electron chi connectivity index (χ1n) is 4.98. The van der Waals surface area contributed by atoms with Crippen LogP contribution in [0.2, 0.25) is 0 Å². The summed E-state index contributed by atoms with van der Waals surface area (Å²) in [4.78, 5) is 3.17. The van der Waals surface area contributed by atoms with Crippen molar-refractivity contribution in [2.45, 2.75) is 20.4 Å². The second-order valence-corrected chi connectivity index (χ2v) is 4.10. The Morgan fingerprint density at radius 3 is 2.40 bits per heavy atom. The Balaban J connectivity index is 2.37. The third kappa shape index (κ3) is 2.02. The van der Waals surface area contributed by atoms with Crippen molar-refractivity contribution in [2.75, 3.05) is 0 Å². The van der Waals surface area contributed by atoms with E-state index >= 15 is 0 Å². The largest absolute Gasteiger partial charge is 0.335 e. The van der Waals surface area contributed by atoms with Crippen LogP contribution in [-0.2, 0) is 6.54 Å². The van der Waals surface area contributed by atoms with Crippen molar-refractivity contribution in [1.82, 2.24) is 9.55 Å². The van der Waals surface area contributed by atoms with Gasteiger partial charge in [0.2, 0.25) is 0 Å². The molecule has 0 saturated carbocycles. The lowest BCUT2D eigenvalue weighted by atomic mass is 10.2. The zero-order valence-corrected chi connectivity index (χ0v) is 9.77. The maximum atomic E-state index is 5.27. The quantitative estimate of drug-likeness (QED) is 0.768. The fourth-order valence-corrected chi connectivity index (χ4v) is 1.98. The number of imidazole rings is 1. The smallest absolute Gasteiger partial charge is 0.177 e. The summed E-state index contributed by atoms with van der Waals surface area (Å²) in [6.45, 7) is 4.98. The molecule has 0 atom stereocenters. The van der Waals surface area contributed by atoms with Crippen LogP contribution >= 0.6 is 12.2 Å². The molecule has 1 N–H and O–H groups in total. The number of rotatable bonds is 2. The molecule has 0 fully saturated rings. The average Bonchev–Trinajstić information content (AvgIpc) is 2.47. The average molecular weight is 218 g/mol. The van der Waals surface area contributed by atoms with E-state index in [4.69, 9.17) is 12.2 Å². The van der Waals surface area contributed by atoms with Crippen LogP contribution in [-0.4, -0.2) is 9.55 Å². The number of hydrogen-bond donors (Lipinski definition) is 1. The molecular formula is C12H14N2S. The van der Waals surface area contributed by atoms with Crippen molar-refractivity contribution in [3.8, 4) is 0 Å². The van der Waals surface area contributed by atoms with Crippen LogP contribution in [0.5, 0.6) is 0 Å². The summed E-state index contributed by atoms with van der Waals surface area (Å²) in [5, 5.41) is 0. The third-order valence-electron chi connectivity index (χ3n) is 2.67. The zero-order chi connectivity index (χ0) is 10.8. The molecule has 2 aromatic rings. The summed E-state index contributed by atoms with van der Waals surface area (Å²) in [7, 11) is 0. The fourth-order valence-electron chi connectivity index (χ4n) is 1.63. The van der Waals surface area contributed by atoms with E-state index in [1.54, 1.807) is 0 Å². The van der Waals surface area contributed by atoms with Gasteiger partial charge in [-0.15, -0.1) is 0 Å². The van der Waals surface area contributed by atoms with Crippen LogP contribution in [0.4, 0.5) is 0 Å². The highest BCUT2D eigenvalue weighted by atomic mass is 32.1. The monoisotopic (exact) mass is 218 g/mol. The number of benzene rings is 1. The van der Waals surface area contributed by atoms with E-state index in [9.17, 15) is 0 Å². The zero-order valence-electron chi connectivity index (χ0n) is 8.95. The van der Waals surface area contributed by atoms with Gasteiger partial charge < -0.3 is 9.55 Å². The van der Waals surface area contributed by atoms with Crippen LogP contribution < -0.4 is 0 Å². The number of aromatic amines is 1. The molecule has 0 saturated heterocycles. The van der Waals surface area contributed by atoms with E-state index in [1.165, 1.54) is 11.3 Å². The van der Waals surface area contributed by atoms with Crippen LogP contribution in [0.1, 0.15) is 17.0 Å². The van der Waals surface area contributed by atoms with Crippen molar-refractivity contribution in [1.29, 1.82) is 0 Å². The number of aryl methyl sites for hydroxylation is 1. The van der Waals surface area contributed by atoms with Gasteiger partial charge in [-0.2, -0.15) is 0 Å². The lowest BCUT2D eigenvalue weighted by Gasteiger charge is -2.05. The number of H-pyrrole nitrogens is 1. The first-order chi connectivity index (χ1) is 7.18. The minimum absolute atomic E-state index is 0.800. The lowest BCUT2D eigenvalue weighted by Crippen LogP contribution is -2.01. The van der Waals surface area contributed by atoms with Gasteiger partial charge in [0.25, 0.3) is 0 Å². The van der Waals surface area contributed by atoms with Gasteiger partial charge in [0.15, 0.2) is 4.77 Å². The van der Waals surface area contributed by atoms with Crippen molar-refractivity contribution < 1.29 is 0 Å². The number of nitrogens with zero attached hydrogens (tertiary/aromatic N) is 1. The summed E-state index contributed by atoms with van der Waals surface area (Å²) in [5.41, 5.74) is 3.63. The van der Waals surface area contributed by atoms with Gasteiger partial charge in [-0.05, 0) is 31.6 Å². The second kappa shape index (κ2) is 4.03. The van der Waals surface area contributed by atoms with E-state index in [0.717, 1.165) is 17.0 Å². The van der Waals surface area contributed by atoms with Crippen LogP contribution in [0, 0.1) is 18.6 Å². The molecule has 3 heteroatoms. The van der Waals surface area contributed by atoms with Crippen LogP contribution in [0.15, 0.2) is 30.3 Å². The van der Waals surface area contributed by atoms with E-state index in [1.807, 2.05) is 25.1 Å². The van der Waals surface area contributed by atoms with E-state index in [0.29, 0.717) is 0 Å². The molecular weight excluding hydrogens is 204 g/mol. The summed E-state index contributed by atoms with van der Waals surface area (Å²) < 4.78 is 2.92. The maximum absolute atomic E-state index is 5.27. The summed E-state index contributed by atoms with van der Waals surface area (Å²) in [6, 6.07) is 10.4. The number of aromatic nitrogens is 2. The Hall–Kier alpha value is -1.35. The SMILES string of the molecule is Cc1[nH]c(=S)n(Cc2ccccc2)c1C. The van der Waals surface area contributed by atoms with Crippen molar-refractivity contribution in [2.24, 2.45) is 0 Å². The highest BCUT2D eigenvalue weighted by Gasteiger charge is 2.03. The molecule has 0 unspecified atom stereocenters. The lowest BCUT2D eigenvalue weighted by molar-refractivity contribution is 0.757. The van der Waals surface area contributed by atoms with E-state index < -0.39 is 0 Å². The molecule has 2 nitrogen and oxygen atoms in total. The Morgan fingerprint density at radius 2 is 1.87 bits per heavy atom. The molecule has 0 spiro atoms. The van der Waals surface area contributed by atoms with Gasteiger partial charge in [0.05, 0.1) is 6.54 Å². The molecule has 78 valence electrons. The molecule has 0 radical (unpaired) electrons. The topological polar surface area (TPSA) is 20.7 Å². The number of hydrogen-bond acceptors (Lipinski definition) is 1. The van der Waals surface area contributed by atoms with Gasteiger partial charge >= 0.3 is 0 Å². The normalized spacial score (nSPS) is 10.5. The Labute approximate surface area is 94.6 Å². The molecule has 0 aliphatic rings. The minimum atomic E-state index is 0.800. The molecule has 1 aromatic carbocycles. The molecule has 15 heavy (non-hydrogen) atoms. The van der Waals surface area contributed by atoms with E-state index in [-0.39, 0.29) is 0 Å². The van der Waals surface area contributed by atoms with Gasteiger partial charge in [0, 0.05) is 11.4 Å². The molecule has 1 aromatic heterocycles. The molecule has 2 rings (SSSR count). The van der Waals surface area contributed by atoms with Gasteiger partial charge in [-0.1, -0.05) is 30.3 Å². The second-order valence-electron chi connectivity index (χ2n) is 3.71. The van der Waals surface area contributed by atoms with Crippen molar-refractivity contribution in [3.63, 3.8) is 0 Å². The molecule has 0 amide bonds. The molecule has 0 aliphatic carbocycles. The first-order valence-corrected chi connectivity index (χ1v) is 5.39. The first kappa shape index (κ1) is 10.2. The van der Waals surface area contributed by atoms with E-state index in [2.05, 4.69) is 28.6 Å². The maximum Gasteiger partial charge on any atom is 0.177 e. The fraction of sp³-hybridized carbons (Fsp3) is 0.250. The van der Waals surface area contributed by atoms with Crippen molar-refractivity contribution >= 4 is 12.2 Å². The Morgan fingerprint density at radius 1 is 1.20 bits per heavy atom. The highest BCUT2D eigenvalue weighted by Crippen LogP contribution is 2.10. The summed E-state index contributed by atoms with van der Waals surface area (Å²) >= 11 is 5.27. The summed E-state index contributed by atoms with van der Waals surface area (Å²) in [6.07, 6.45) is 0. The van der Waals surface area contributed by atoms with Crippen LogP contribution in [0.3, 0.4) is 0 Å². The predicted molar refractivity (Wildman–Crippen MR) is 64.6 cm³/mol. The van der Waals surface area contributed by atoms with Crippen LogP contribution in [0.25, 0.3) is 0 Å². The van der Waals surface area contributed by atoms with Gasteiger partial charge in [0.1, 0.15) is 0 Å². The summed E-state index contributed by atoms with van der Waals surface area (Å²) in [5.74, 6) is 0. The minimum Gasteiger partial charge on any atom is -0.335 e. The molecule has 0 bridgehead atoms. The molecule has 1 heterocycles. The Bertz CT molecular complexity index is 508. The Kier molecular flexibility index (Phi) is 2.73. The predicted octanol–water partition coefficient (Wildman–Crippen LogP) is 3.21. The standard InChI is InChI=1S/C12H14N2S/c1-9-10(2)14(12(15)13-9)8-11-6-4-3-5-7-11/h3-7H,8H2,1-2H3,(H,13,15). The number of nitrogens with one attached hydrogen (secondary N) is 1.